The summed E-state index contributed by atoms with van der Waals surface area (Å²) in [6.07, 6.45) is 0.105. The summed E-state index contributed by atoms with van der Waals surface area (Å²) in [6.45, 7) is 1.90. The fraction of sp³-hybridized carbons (Fsp3) is 0.176. The van der Waals surface area contributed by atoms with Gasteiger partial charge < -0.3 is 10.6 Å². The molecule has 2 N–H and O–H groups in total. The summed E-state index contributed by atoms with van der Waals surface area (Å²) in [5, 5.41) is 6.18. The van der Waals surface area contributed by atoms with E-state index in [1.54, 1.807) is 12.1 Å². The van der Waals surface area contributed by atoms with Crippen molar-refractivity contribution in [2.75, 3.05) is 10.6 Å². The number of benzene rings is 2. The molecule has 22 heavy (non-hydrogen) atoms. The number of carbonyl (C=O) groups excluding carboxylic acids is 2. The van der Waals surface area contributed by atoms with Crippen molar-refractivity contribution in [3.63, 3.8) is 0 Å². The third kappa shape index (κ3) is 2.83. The Labute approximate surface area is 133 Å². The van der Waals surface area contributed by atoms with Crippen molar-refractivity contribution < 1.29 is 9.59 Å². The van der Waals surface area contributed by atoms with E-state index in [0.29, 0.717) is 10.7 Å². The van der Waals surface area contributed by atoms with E-state index in [2.05, 4.69) is 10.6 Å². The Kier molecular flexibility index (Phi) is 3.86. The maximum Gasteiger partial charge on any atom is 0.232 e. The molecule has 1 aliphatic heterocycles. The lowest BCUT2D eigenvalue weighted by Gasteiger charge is -2.10. The van der Waals surface area contributed by atoms with E-state index in [1.165, 1.54) is 0 Å². The van der Waals surface area contributed by atoms with Gasteiger partial charge in [0.15, 0.2) is 0 Å². The molecular weight excluding hydrogens is 300 g/mol. The van der Waals surface area contributed by atoms with Crippen LogP contribution in [-0.4, -0.2) is 11.8 Å². The average Bonchev–Trinajstić information content (AvgIpc) is 2.79. The highest BCUT2D eigenvalue weighted by Gasteiger charge is 2.31. The quantitative estimate of drug-likeness (QED) is 0.907. The first-order valence-electron chi connectivity index (χ1n) is 7.00. The molecule has 2 aromatic carbocycles. The van der Waals surface area contributed by atoms with Crippen molar-refractivity contribution in [3.05, 3.63) is 58.6 Å². The van der Waals surface area contributed by atoms with Crippen molar-refractivity contribution in [2.45, 2.75) is 19.3 Å². The predicted octanol–water partition coefficient (Wildman–Crippen LogP) is 3.71. The Bertz CT molecular complexity index is 758. The monoisotopic (exact) mass is 314 g/mol. The van der Waals surface area contributed by atoms with Crippen LogP contribution in [0, 0.1) is 6.92 Å². The van der Waals surface area contributed by atoms with Crippen molar-refractivity contribution in [3.8, 4) is 0 Å². The van der Waals surface area contributed by atoms with Gasteiger partial charge in [0.1, 0.15) is 0 Å². The SMILES string of the molecule is Cc1ccc(NC(=O)CC2C(=O)Nc3ccccc32)cc1Cl. The summed E-state index contributed by atoms with van der Waals surface area (Å²) in [5.74, 6) is -0.799. The Balaban J connectivity index is 1.72. The molecule has 0 saturated heterocycles. The number of amides is 2. The third-order valence-corrected chi connectivity index (χ3v) is 4.16. The summed E-state index contributed by atoms with van der Waals surface area (Å²) in [6, 6.07) is 12.8. The molecule has 0 aromatic heterocycles. The van der Waals surface area contributed by atoms with Gasteiger partial charge in [-0.15, -0.1) is 0 Å². The zero-order chi connectivity index (χ0) is 15.7. The molecule has 5 heteroatoms. The van der Waals surface area contributed by atoms with Crippen LogP contribution in [0.5, 0.6) is 0 Å². The number of nitrogens with one attached hydrogen (secondary N) is 2. The lowest BCUT2D eigenvalue weighted by atomic mass is 9.97. The first-order chi connectivity index (χ1) is 10.5. The molecule has 0 spiro atoms. The van der Waals surface area contributed by atoms with Crippen molar-refractivity contribution in [1.82, 2.24) is 0 Å². The Morgan fingerprint density at radius 3 is 2.82 bits per heavy atom. The summed E-state index contributed by atoms with van der Waals surface area (Å²) < 4.78 is 0. The van der Waals surface area contributed by atoms with Crippen LogP contribution in [-0.2, 0) is 9.59 Å². The fourth-order valence-corrected chi connectivity index (χ4v) is 2.73. The third-order valence-electron chi connectivity index (χ3n) is 3.76. The maximum absolute atomic E-state index is 12.2. The molecule has 0 aliphatic carbocycles. The van der Waals surface area contributed by atoms with Crippen LogP contribution in [0.2, 0.25) is 5.02 Å². The number of para-hydroxylation sites is 1. The Morgan fingerprint density at radius 2 is 2.05 bits per heavy atom. The summed E-state index contributed by atoms with van der Waals surface area (Å²) >= 11 is 6.04. The minimum atomic E-state index is -0.447. The number of rotatable bonds is 3. The van der Waals surface area contributed by atoms with E-state index < -0.39 is 5.92 Å². The zero-order valence-corrected chi connectivity index (χ0v) is 12.8. The van der Waals surface area contributed by atoms with Gasteiger partial charge in [-0.05, 0) is 36.2 Å². The molecule has 1 atom stereocenters. The van der Waals surface area contributed by atoms with Crippen molar-refractivity contribution >= 4 is 34.8 Å². The minimum Gasteiger partial charge on any atom is -0.326 e. The van der Waals surface area contributed by atoms with Crippen LogP contribution >= 0.6 is 11.6 Å². The topological polar surface area (TPSA) is 58.2 Å². The van der Waals surface area contributed by atoms with Gasteiger partial charge in [-0.1, -0.05) is 35.9 Å². The second kappa shape index (κ2) is 5.81. The molecule has 2 aromatic rings. The van der Waals surface area contributed by atoms with Crippen molar-refractivity contribution in [1.29, 1.82) is 0 Å². The van der Waals surface area contributed by atoms with Crippen LogP contribution < -0.4 is 10.6 Å². The van der Waals surface area contributed by atoms with Gasteiger partial charge in [0.2, 0.25) is 11.8 Å². The highest BCUT2D eigenvalue weighted by molar-refractivity contribution is 6.31. The smallest absolute Gasteiger partial charge is 0.232 e. The number of halogens is 1. The molecule has 3 rings (SSSR count). The largest absolute Gasteiger partial charge is 0.326 e. The first kappa shape index (κ1) is 14.6. The van der Waals surface area contributed by atoms with E-state index in [4.69, 9.17) is 11.6 Å². The zero-order valence-electron chi connectivity index (χ0n) is 12.0. The Morgan fingerprint density at radius 1 is 1.27 bits per heavy atom. The molecule has 0 radical (unpaired) electrons. The summed E-state index contributed by atoms with van der Waals surface area (Å²) in [5.41, 5.74) is 3.23. The molecule has 4 nitrogen and oxygen atoms in total. The van der Waals surface area contributed by atoms with Gasteiger partial charge in [-0.2, -0.15) is 0 Å². The van der Waals surface area contributed by atoms with Gasteiger partial charge >= 0.3 is 0 Å². The van der Waals surface area contributed by atoms with E-state index in [0.717, 1.165) is 16.8 Å². The normalized spacial score (nSPS) is 16.1. The molecule has 0 bridgehead atoms. The number of hydrogen-bond donors (Lipinski definition) is 2. The lowest BCUT2D eigenvalue weighted by Crippen LogP contribution is -2.20. The summed E-state index contributed by atoms with van der Waals surface area (Å²) in [4.78, 5) is 24.2. The van der Waals surface area contributed by atoms with E-state index in [9.17, 15) is 9.59 Å². The molecule has 1 heterocycles. The van der Waals surface area contributed by atoms with E-state index >= 15 is 0 Å². The molecule has 0 fully saturated rings. The fourth-order valence-electron chi connectivity index (χ4n) is 2.55. The number of anilines is 2. The molecule has 1 unspecified atom stereocenters. The molecule has 2 amide bonds. The highest BCUT2D eigenvalue weighted by Crippen LogP contribution is 2.34. The Hall–Kier alpha value is -2.33. The van der Waals surface area contributed by atoms with Crippen molar-refractivity contribution in [2.24, 2.45) is 0 Å². The van der Waals surface area contributed by atoms with Gasteiger partial charge in [0.25, 0.3) is 0 Å². The molecular formula is C17H15ClN2O2. The van der Waals surface area contributed by atoms with Gasteiger partial charge in [-0.3, -0.25) is 9.59 Å². The average molecular weight is 315 g/mol. The van der Waals surface area contributed by atoms with E-state index in [1.807, 2.05) is 37.3 Å². The number of hydrogen-bond acceptors (Lipinski definition) is 2. The second-order valence-corrected chi connectivity index (χ2v) is 5.75. The number of carbonyl (C=O) groups is 2. The lowest BCUT2D eigenvalue weighted by molar-refractivity contribution is -0.122. The summed E-state index contributed by atoms with van der Waals surface area (Å²) in [7, 11) is 0. The predicted molar refractivity (Wildman–Crippen MR) is 87.2 cm³/mol. The van der Waals surface area contributed by atoms with E-state index in [-0.39, 0.29) is 18.2 Å². The first-order valence-corrected chi connectivity index (χ1v) is 7.38. The van der Waals surface area contributed by atoms with Crippen LogP contribution in [0.15, 0.2) is 42.5 Å². The number of aryl methyl sites for hydroxylation is 1. The van der Waals surface area contributed by atoms with Gasteiger partial charge in [0.05, 0.1) is 5.92 Å². The second-order valence-electron chi connectivity index (χ2n) is 5.35. The van der Waals surface area contributed by atoms with Crippen LogP contribution in [0.25, 0.3) is 0 Å². The van der Waals surface area contributed by atoms with Crippen LogP contribution in [0.1, 0.15) is 23.5 Å². The highest BCUT2D eigenvalue weighted by atomic mass is 35.5. The molecule has 0 saturated carbocycles. The number of fused-ring (bicyclic) bond motifs is 1. The van der Waals surface area contributed by atoms with Gasteiger partial charge in [-0.25, -0.2) is 0 Å². The van der Waals surface area contributed by atoms with Gasteiger partial charge in [0, 0.05) is 22.8 Å². The van der Waals surface area contributed by atoms with Crippen LogP contribution in [0.4, 0.5) is 11.4 Å². The maximum atomic E-state index is 12.2. The standard InChI is InChI=1S/C17H15ClN2O2/c1-10-6-7-11(8-14(10)18)19-16(21)9-13-12-4-2-3-5-15(12)20-17(13)22/h2-8,13H,9H2,1H3,(H,19,21)(H,20,22). The van der Waals surface area contributed by atoms with Crippen LogP contribution in [0.3, 0.4) is 0 Å². The molecule has 1 aliphatic rings. The molecule has 112 valence electrons. The minimum absolute atomic E-state index is 0.105.